The average molecular weight is 620 g/mol. The van der Waals surface area contributed by atoms with Gasteiger partial charge in [0.1, 0.15) is 11.2 Å². The summed E-state index contributed by atoms with van der Waals surface area (Å²) in [4.78, 5) is 9.45. The van der Waals surface area contributed by atoms with E-state index in [-0.39, 0.29) is 0 Å². The van der Waals surface area contributed by atoms with Gasteiger partial charge in [-0.3, -0.25) is 14.6 Å². The zero-order valence-electron chi connectivity index (χ0n) is 23.3. The minimum Gasteiger partial charge on any atom is -0.256 e. The number of hydrogen-bond donors (Lipinski definition) is 0. The molecule has 43 heavy (non-hydrogen) atoms. The quantitative estimate of drug-likeness (QED) is 0.167. The van der Waals surface area contributed by atoms with Gasteiger partial charge in [0.15, 0.2) is 0 Å². The van der Waals surface area contributed by atoms with E-state index in [2.05, 4.69) is 136 Å². The molecular formula is C38H27BrN4. The van der Waals surface area contributed by atoms with Crippen LogP contribution in [-0.4, -0.2) is 19.7 Å². The summed E-state index contributed by atoms with van der Waals surface area (Å²) < 4.78 is 3.15. The lowest BCUT2D eigenvalue weighted by atomic mass is 9.77. The summed E-state index contributed by atoms with van der Waals surface area (Å²) in [6.07, 6.45) is 5.85. The third-order valence-electron chi connectivity index (χ3n) is 7.75. The molecule has 0 amide bonds. The van der Waals surface area contributed by atoms with Crippen molar-refractivity contribution in [1.82, 2.24) is 19.7 Å². The molecule has 0 atom stereocenters. The number of rotatable bonds is 7. The van der Waals surface area contributed by atoms with Crippen molar-refractivity contribution >= 4 is 15.9 Å². The van der Waals surface area contributed by atoms with Crippen molar-refractivity contribution in [2.45, 2.75) is 5.54 Å². The zero-order chi connectivity index (χ0) is 29.1. The first-order valence-corrected chi connectivity index (χ1v) is 14.9. The van der Waals surface area contributed by atoms with Gasteiger partial charge in [-0.2, -0.15) is 5.10 Å². The summed E-state index contributed by atoms with van der Waals surface area (Å²) >= 11 is 3.55. The molecule has 0 radical (unpaired) electrons. The number of hydrogen-bond acceptors (Lipinski definition) is 3. The first-order valence-electron chi connectivity index (χ1n) is 14.1. The first-order chi connectivity index (χ1) is 21.2. The van der Waals surface area contributed by atoms with Crippen molar-refractivity contribution < 1.29 is 0 Å². The highest BCUT2D eigenvalue weighted by molar-refractivity contribution is 9.10. The number of nitrogens with zero attached hydrogens (tertiary/aromatic N) is 4. The van der Waals surface area contributed by atoms with Gasteiger partial charge in [-0.1, -0.05) is 125 Å². The fraction of sp³-hybridized carbons (Fsp3) is 0.0263. The van der Waals surface area contributed by atoms with Gasteiger partial charge in [-0.05, 0) is 58.7 Å². The van der Waals surface area contributed by atoms with E-state index < -0.39 is 5.54 Å². The fourth-order valence-corrected chi connectivity index (χ4v) is 6.02. The Balaban J connectivity index is 1.53. The Bertz CT molecular complexity index is 1860. The summed E-state index contributed by atoms with van der Waals surface area (Å²) in [7, 11) is 0. The average Bonchev–Trinajstić information content (AvgIpc) is 3.53. The summed E-state index contributed by atoms with van der Waals surface area (Å²) in [5.74, 6) is 0. The second-order valence-corrected chi connectivity index (χ2v) is 11.2. The van der Waals surface area contributed by atoms with Crippen LogP contribution >= 0.6 is 15.9 Å². The molecule has 0 saturated heterocycles. The van der Waals surface area contributed by atoms with Gasteiger partial charge in [0.2, 0.25) is 0 Å². The second-order valence-electron chi connectivity index (χ2n) is 10.3. The largest absolute Gasteiger partial charge is 0.256 e. The smallest absolute Gasteiger partial charge is 0.138 e. The van der Waals surface area contributed by atoms with Crippen LogP contribution in [0.25, 0.3) is 33.8 Å². The van der Waals surface area contributed by atoms with Gasteiger partial charge >= 0.3 is 0 Å². The molecule has 0 N–H and O–H groups in total. The number of benzene rings is 4. The Kier molecular flexibility index (Phi) is 7.23. The van der Waals surface area contributed by atoms with Crippen LogP contribution in [0.5, 0.6) is 0 Å². The van der Waals surface area contributed by atoms with Gasteiger partial charge in [0, 0.05) is 34.2 Å². The molecular weight excluding hydrogens is 592 g/mol. The van der Waals surface area contributed by atoms with Gasteiger partial charge in [0.05, 0.1) is 11.4 Å². The maximum absolute atomic E-state index is 5.40. The standard InChI is InChI=1S/C38H27BrN4/c39-33-21-19-28(20-22-33)36-26-29(23-25-41-36)34-27-43(42-37(34)35-18-10-11-24-40-35)38(30-12-4-1-5-13-30,31-14-6-2-7-15-31)32-16-8-3-9-17-32/h1-27H. The van der Waals surface area contributed by atoms with E-state index in [1.165, 1.54) is 0 Å². The molecule has 0 unspecified atom stereocenters. The van der Waals surface area contributed by atoms with Crippen molar-refractivity contribution in [3.05, 3.63) is 185 Å². The molecule has 0 saturated carbocycles. The van der Waals surface area contributed by atoms with Crippen LogP contribution < -0.4 is 0 Å². The summed E-state index contributed by atoms with van der Waals surface area (Å²) in [5, 5.41) is 5.40. The van der Waals surface area contributed by atoms with E-state index in [1.807, 2.05) is 48.8 Å². The van der Waals surface area contributed by atoms with E-state index in [4.69, 9.17) is 15.1 Å². The lowest BCUT2D eigenvalue weighted by molar-refractivity contribution is 0.461. The van der Waals surface area contributed by atoms with E-state index in [9.17, 15) is 0 Å². The van der Waals surface area contributed by atoms with Crippen molar-refractivity contribution in [3.8, 4) is 33.8 Å². The third-order valence-corrected chi connectivity index (χ3v) is 8.28. The van der Waals surface area contributed by atoms with Gasteiger partial charge < -0.3 is 0 Å². The third kappa shape index (κ3) is 4.98. The molecule has 0 aliphatic carbocycles. The van der Waals surface area contributed by atoms with Crippen LogP contribution in [0.1, 0.15) is 16.7 Å². The predicted molar refractivity (Wildman–Crippen MR) is 176 cm³/mol. The number of halogens is 1. The highest BCUT2D eigenvalue weighted by Crippen LogP contribution is 2.43. The summed E-state index contributed by atoms with van der Waals surface area (Å²) in [6, 6.07) is 50.1. The van der Waals surface area contributed by atoms with Crippen molar-refractivity contribution in [2.24, 2.45) is 0 Å². The number of aromatic nitrogens is 4. The molecule has 5 heteroatoms. The Morgan fingerprint density at radius 3 is 1.63 bits per heavy atom. The maximum atomic E-state index is 5.40. The van der Waals surface area contributed by atoms with Crippen LogP contribution in [0.2, 0.25) is 0 Å². The van der Waals surface area contributed by atoms with E-state index >= 15 is 0 Å². The molecule has 7 rings (SSSR count). The van der Waals surface area contributed by atoms with Crippen molar-refractivity contribution in [1.29, 1.82) is 0 Å². The molecule has 7 aromatic rings. The van der Waals surface area contributed by atoms with Crippen LogP contribution in [0.3, 0.4) is 0 Å². The summed E-state index contributed by atoms with van der Waals surface area (Å²) in [6.45, 7) is 0. The Morgan fingerprint density at radius 1 is 0.512 bits per heavy atom. The molecule has 0 bridgehead atoms. The second kappa shape index (κ2) is 11.6. The molecule has 3 heterocycles. The van der Waals surface area contributed by atoms with Gasteiger partial charge in [0.25, 0.3) is 0 Å². The predicted octanol–water partition coefficient (Wildman–Crippen LogP) is 9.28. The van der Waals surface area contributed by atoms with E-state index in [0.717, 1.165) is 54.9 Å². The van der Waals surface area contributed by atoms with Crippen molar-refractivity contribution in [3.63, 3.8) is 0 Å². The fourth-order valence-electron chi connectivity index (χ4n) is 5.76. The highest BCUT2D eigenvalue weighted by atomic mass is 79.9. The lowest BCUT2D eigenvalue weighted by Crippen LogP contribution is -2.38. The first kappa shape index (κ1) is 26.7. The monoisotopic (exact) mass is 618 g/mol. The molecule has 4 aromatic carbocycles. The molecule has 4 nitrogen and oxygen atoms in total. The summed E-state index contributed by atoms with van der Waals surface area (Å²) in [5.41, 5.74) is 8.14. The van der Waals surface area contributed by atoms with Crippen LogP contribution in [0, 0.1) is 0 Å². The SMILES string of the molecule is Brc1ccc(-c2cc(-c3cn(C(c4ccccc4)(c4ccccc4)c4ccccc4)nc3-c3ccccn3)ccn2)cc1. The molecule has 0 aliphatic heterocycles. The Morgan fingerprint density at radius 2 is 1.07 bits per heavy atom. The Hall–Kier alpha value is -5.13. The van der Waals surface area contributed by atoms with Crippen LogP contribution in [0.4, 0.5) is 0 Å². The van der Waals surface area contributed by atoms with Gasteiger partial charge in [-0.25, -0.2) is 0 Å². The van der Waals surface area contributed by atoms with E-state index in [0.29, 0.717) is 0 Å². The van der Waals surface area contributed by atoms with Gasteiger partial charge in [-0.15, -0.1) is 0 Å². The molecule has 3 aromatic heterocycles. The van der Waals surface area contributed by atoms with Crippen LogP contribution in [-0.2, 0) is 5.54 Å². The molecule has 206 valence electrons. The molecule has 0 aliphatic rings. The highest BCUT2D eigenvalue weighted by Gasteiger charge is 2.40. The molecule has 0 fully saturated rings. The zero-order valence-corrected chi connectivity index (χ0v) is 24.8. The number of pyridine rings is 2. The van der Waals surface area contributed by atoms with Crippen molar-refractivity contribution in [2.75, 3.05) is 0 Å². The normalized spacial score (nSPS) is 11.4. The van der Waals surface area contributed by atoms with E-state index in [1.54, 1.807) is 0 Å². The maximum Gasteiger partial charge on any atom is 0.138 e. The Labute approximate surface area is 259 Å². The molecule has 0 spiro atoms. The minimum absolute atomic E-state index is 0.743. The topological polar surface area (TPSA) is 43.6 Å². The minimum atomic E-state index is -0.743. The lowest BCUT2D eigenvalue weighted by Gasteiger charge is -2.36. The van der Waals surface area contributed by atoms with Crippen LogP contribution in [0.15, 0.2) is 169 Å².